The Hall–Kier alpha value is -3.51. The normalized spacial score (nSPS) is 18.7. The second-order valence-electron chi connectivity index (χ2n) is 8.12. The molecule has 1 aromatic rings. The number of amides is 3. The lowest BCUT2D eigenvalue weighted by Crippen LogP contribution is -2.59. The molecule has 0 radical (unpaired) electrons. The molecule has 7 N–H and O–H groups in total. The third-order valence-corrected chi connectivity index (χ3v) is 5.35. The van der Waals surface area contributed by atoms with E-state index in [2.05, 4.69) is 21.3 Å². The highest BCUT2D eigenvalue weighted by atomic mass is 16.4. The fourth-order valence-corrected chi connectivity index (χ4v) is 3.54. The van der Waals surface area contributed by atoms with E-state index in [4.69, 9.17) is 0 Å². The Labute approximate surface area is 196 Å². The summed E-state index contributed by atoms with van der Waals surface area (Å²) in [5.41, 5.74) is 0.640. The van der Waals surface area contributed by atoms with E-state index in [1.165, 1.54) is 6.92 Å². The number of aliphatic carboxylic acids is 2. The number of carboxylic acid groups (broad SMARTS) is 2. The van der Waals surface area contributed by atoms with Gasteiger partial charge in [0.25, 0.3) is 0 Å². The number of aliphatic hydroxyl groups excluding tert-OH is 1. The van der Waals surface area contributed by atoms with Crippen LogP contribution in [0.1, 0.15) is 31.7 Å². The topological polar surface area (TPSA) is 194 Å². The van der Waals surface area contributed by atoms with Crippen LogP contribution in [0.5, 0.6) is 0 Å². The van der Waals surface area contributed by atoms with Crippen molar-refractivity contribution >= 4 is 29.7 Å². The monoisotopic (exact) mass is 478 g/mol. The Morgan fingerprint density at radius 2 is 1.65 bits per heavy atom. The van der Waals surface area contributed by atoms with Crippen LogP contribution in [-0.4, -0.2) is 81.8 Å². The molecule has 0 saturated carbocycles. The summed E-state index contributed by atoms with van der Waals surface area (Å²) in [5.74, 6) is -5.11. The maximum atomic E-state index is 12.9. The highest BCUT2D eigenvalue weighted by Gasteiger charge is 2.33. The molecule has 12 heteroatoms. The van der Waals surface area contributed by atoms with Crippen molar-refractivity contribution in [3.8, 4) is 0 Å². The molecule has 34 heavy (non-hydrogen) atoms. The number of rotatable bonds is 12. The lowest BCUT2D eigenvalue weighted by Gasteiger charge is -2.25. The minimum absolute atomic E-state index is 0.0392. The standard InChI is InChI=1S/C22H30N4O8/c1-12(27)18(22(33)34)26-21(32)15(10-13-6-3-2-4-7-13)24-20(31)16(11-17(28)29)25-19(30)14-8-5-9-23-14/h2-4,6-7,12,14-16,18,23,27H,5,8-11H2,1H3,(H,24,31)(H,25,30)(H,26,32)(H,28,29)(H,33,34). The minimum Gasteiger partial charge on any atom is -0.481 e. The van der Waals surface area contributed by atoms with E-state index in [-0.39, 0.29) is 6.42 Å². The Kier molecular flexibility index (Phi) is 9.95. The molecule has 1 aromatic carbocycles. The van der Waals surface area contributed by atoms with E-state index in [1.54, 1.807) is 30.3 Å². The van der Waals surface area contributed by atoms with Crippen LogP contribution in [0.4, 0.5) is 0 Å². The number of nitrogens with one attached hydrogen (secondary N) is 4. The van der Waals surface area contributed by atoms with Crippen LogP contribution < -0.4 is 21.3 Å². The molecule has 1 fully saturated rings. The molecule has 2 rings (SSSR count). The van der Waals surface area contributed by atoms with Gasteiger partial charge in [0.15, 0.2) is 6.04 Å². The zero-order valence-corrected chi connectivity index (χ0v) is 18.7. The summed E-state index contributed by atoms with van der Waals surface area (Å²) in [5, 5.41) is 38.1. The molecular formula is C22H30N4O8. The van der Waals surface area contributed by atoms with Gasteiger partial charge in [-0.3, -0.25) is 19.2 Å². The number of carbonyl (C=O) groups excluding carboxylic acids is 3. The number of hydrogen-bond donors (Lipinski definition) is 7. The van der Waals surface area contributed by atoms with Crippen LogP contribution >= 0.6 is 0 Å². The summed E-state index contributed by atoms with van der Waals surface area (Å²) in [6.07, 6.45) is -0.853. The van der Waals surface area contributed by atoms with Crippen LogP contribution in [0.3, 0.4) is 0 Å². The van der Waals surface area contributed by atoms with Crippen molar-refractivity contribution in [2.45, 2.75) is 62.9 Å². The van der Waals surface area contributed by atoms with Crippen LogP contribution in [0.25, 0.3) is 0 Å². The summed E-state index contributed by atoms with van der Waals surface area (Å²) >= 11 is 0. The van der Waals surface area contributed by atoms with E-state index >= 15 is 0 Å². The van der Waals surface area contributed by atoms with E-state index in [9.17, 15) is 39.3 Å². The van der Waals surface area contributed by atoms with Crippen molar-refractivity contribution in [2.75, 3.05) is 6.54 Å². The molecule has 0 aromatic heterocycles. The van der Waals surface area contributed by atoms with E-state index in [0.717, 1.165) is 6.42 Å². The molecule has 0 spiro atoms. The number of aliphatic hydroxyl groups is 1. The van der Waals surface area contributed by atoms with Crippen LogP contribution in [0.15, 0.2) is 30.3 Å². The Morgan fingerprint density at radius 3 is 2.18 bits per heavy atom. The van der Waals surface area contributed by atoms with Gasteiger partial charge in [-0.1, -0.05) is 30.3 Å². The fraction of sp³-hybridized carbons (Fsp3) is 0.500. The average Bonchev–Trinajstić information content (AvgIpc) is 3.31. The Balaban J connectivity index is 2.20. The summed E-state index contributed by atoms with van der Waals surface area (Å²) in [6.45, 7) is 1.82. The van der Waals surface area contributed by atoms with Crippen LogP contribution in [-0.2, 0) is 30.4 Å². The van der Waals surface area contributed by atoms with Gasteiger partial charge in [-0.2, -0.15) is 0 Å². The van der Waals surface area contributed by atoms with Crippen molar-refractivity contribution < 1.29 is 39.3 Å². The number of carbonyl (C=O) groups is 5. The van der Waals surface area contributed by atoms with Crippen LogP contribution in [0, 0.1) is 0 Å². The van der Waals surface area contributed by atoms with Crippen molar-refractivity contribution in [1.29, 1.82) is 0 Å². The molecule has 1 aliphatic heterocycles. The predicted octanol–water partition coefficient (Wildman–Crippen LogP) is -1.62. The molecule has 0 aliphatic carbocycles. The largest absolute Gasteiger partial charge is 0.481 e. The highest BCUT2D eigenvalue weighted by Crippen LogP contribution is 2.08. The maximum Gasteiger partial charge on any atom is 0.328 e. The quantitative estimate of drug-likeness (QED) is 0.185. The highest BCUT2D eigenvalue weighted by molar-refractivity contribution is 5.95. The molecule has 5 unspecified atom stereocenters. The van der Waals surface area contributed by atoms with E-state index in [1.807, 2.05) is 0 Å². The molecule has 3 amide bonds. The summed E-state index contributed by atoms with van der Waals surface area (Å²) < 4.78 is 0. The van der Waals surface area contributed by atoms with Gasteiger partial charge >= 0.3 is 11.9 Å². The Morgan fingerprint density at radius 1 is 1.00 bits per heavy atom. The molecular weight excluding hydrogens is 448 g/mol. The second-order valence-corrected chi connectivity index (χ2v) is 8.12. The first-order valence-electron chi connectivity index (χ1n) is 10.9. The third kappa shape index (κ3) is 8.12. The predicted molar refractivity (Wildman–Crippen MR) is 119 cm³/mol. The summed E-state index contributed by atoms with van der Waals surface area (Å²) in [4.78, 5) is 60.9. The lowest BCUT2D eigenvalue weighted by molar-refractivity contribution is -0.145. The molecule has 1 saturated heterocycles. The summed E-state index contributed by atoms with van der Waals surface area (Å²) in [6, 6.07) is 3.64. The summed E-state index contributed by atoms with van der Waals surface area (Å²) in [7, 11) is 0. The van der Waals surface area contributed by atoms with Gasteiger partial charge < -0.3 is 36.6 Å². The van der Waals surface area contributed by atoms with Crippen molar-refractivity contribution in [1.82, 2.24) is 21.3 Å². The zero-order chi connectivity index (χ0) is 25.3. The first-order chi connectivity index (χ1) is 16.1. The first-order valence-corrected chi connectivity index (χ1v) is 10.9. The van der Waals surface area contributed by atoms with Gasteiger partial charge in [-0.25, -0.2) is 4.79 Å². The van der Waals surface area contributed by atoms with Crippen molar-refractivity contribution in [3.63, 3.8) is 0 Å². The number of benzene rings is 1. The number of hydrogen-bond acceptors (Lipinski definition) is 7. The zero-order valence-electron chi connectivity index (χ0n) is 18.7. The van der Waals surface area contributed by atoms with Gasteiger partial charge in [0, 0.05) is 6.42 Å². The second kappa shape index (κ2) is 12.7. The molecule has 1 aliphatic rings. The SMILES string of the molecule is CC(O)C(NC(=O)C(Cc1ccccc1)NC(=O)C(CC(=O)O)NC(=O)C1CCCN1)C(=O)O. The molecule has 186 valence electrons. The van der Waals surface area contributed by atoms with Crippen molar-refractivity contribution in [3.05, 3.63) is 35.9 Å². The minimum atomic E-state index is -1.62. The third-order valence-electron chi connectivity index (χ3n) is 5.35. The fourth-order valence-electron chi connectivity index (χ4n) is 3.54. The molecule has 0 bridgehead atoms. The van der Waals surface area contributed by atoms with Gasteiger partial charge in [0.2, 0.25) is 17.7 Å². The first kappa shape index (κ1) is 26.7. The Bertz CT molecular complexity index is 886. The molecule has 5 atom stereocenters. The van der Waals surface area contributed by atoms with E-state index in [0.29, 0.717) is 18.5 Å². The van der Waals surface area contributed by atoms with Gasteiger partial charge in [-0.05, 0) is 31.9 Å². The number of carboxylic acids is 2. The average molecular weight is 479 g/mol. The van der Waals surface area contributed by atoms with Gasteiger partial charge in [0.1, 0.15) is 12.1 Å². The maximum absolute atomic E-state index is 12.9. The van der Waals surface area contributed by atoms with Gasteiger partial charge in [-0.15, -0.1) is 0 Å². The van der Waals surface area contributed by atoms with Crippen LogP contribution in [0.2, 0.25) is 0 Å². The van der Waals surface area contributed by atoms with Crippen molar-refractivity contribution in [2.24, 2.45) is 0 Å². The smallest absolute Gasteiger partial charge is 0.328 e. The lowest BCUT2D eigenvalue weighted by atomic mass is 10.0. The molecule has 1 heterocycles. The molecule has 12 nitrogen and oxygen atoms in total. The van der Waals surface area contributed by atoms with E-state index < -0.39 is 66.4 Å². The van der Waals surface area contributed by atoms with Gasteiger partial charge in [0.05, 0.1) is 18.6 Å².